The van der Waals surface area contributed by atoms with Crippen molar-refractivity contribution in [2.24, 2.45) is 0 Å². The summed E-state index contributed by atoms with van der Waals surface area (Å²) in [4.78, 5) is 12.2. The van der Waals surface area contributed by atoms with Gasteiger partial charge in [-0.3, -0.25) is 4.79 Å². The third-order valence-electron chi connectivity index (χ3n) is 2.87. The summed E-state index contributed by atoms with van der Waals surface area (Å²) in [5.41, 5.74) is 0.524. The lowest BCUT2D eigenvalue weighted by molar-refractivity contribution is 0.597. The highest BCUT2D eigenvalue weighted by atomic mass is 19.1. The third-order valence-corrected chi connectivity index (χ3v) is 2.87. The molecule has 0 atom stereocenters. The summed E-state index contributed by atoms with van der Waals surface area (Å²) in [6.45, 7) is 0. The Labute approximate surface area is 106 Å². The van der Waals surface area contributed by atoms with Crippen molar-refractivity contribution in [3.63, 3.8) is 0 Å². The number of benzene rings is 2. The summed E-state index contributed by atoms with van der Waals surface area (Å²) in [6.07, 6.45) is 1.26. The smallest absolute Gasteiger partial charge is 0.200 e. The van der Waals surface area contributed by atoms with Gasteiger partial charge in [0.15, 0.2) is 0 Å². The molecule has 0 aliphatic heterocycles. The normalized spacial score (nSPS) is 10.8. The molecule has 3 rings (SSSR count). The van der Waals surface area contributed by atoms with E-state index in [4.69, 9.17) is 4.42 Å². The van der Waals surface area contributed by atoms with E-state index < -0.39 is 11.6 Å². The van der Waals surface area contributed by atoms with E-state index >= 15 is 0 Å². The van der Waals surface area contributed by atoms with Crippen LogP contribution in [-0.4, -0.2) is 0 Å². The zero-order chi connectivity index (χ0) is 13.4. The van der Waals surface area contributed by atoms with Gasteiger partial charge in [-0.15, -0.1) is 0 Å². The van der Waals surface area contributed by atoms with E-state index in [1.807, 2.05) is 0 Å². The number of fused-ring (bicyclic) bond motifs is 1. The standard InChI is InChI=1S/C15H8F2O2/c16-10-3-1-2-9(6-10)13-8-19-14-5-4-11(17)7-12(14)15(13)18/h1-8H. The van der Waals surface area contributed by atoms with Crippen molar-refractivity contribution in [3.8, 4) is 11.1 Å². The number of halogens is 2. The SMILES string of the molecule is O=c1c(-c2cccc(F)c2)coc2ccc(F)cc12. The molecule has 0 spiro atoms. The average Bonchev–Trinajstić information content (AvgIpc) is 2.40. The van der Waals surface area contributed by atoms with E-state index in [1.54, 1.807) is 6.07 Å². The third kappa shape index (κ3) is 2.01. The van der Waals surface area contributed by atoms with E-state index in [1.165, 1.54) is 36.6 Å². The van der Waals surface area contributed by atoms with E-state index in [0.29, 0.717) is 11.1 Å². The number of hydrogen-bond donors (Lipinski definition) is 0. The van der Waals surface area contributed by atoms with Crippen LogP contribution in [0.1, 0.15) is 0 Å². The quantitative estimate of drug-likeness (QED) is 0.665. The Morgan fingerprint density at radius 3 is 2.53 bits per heavy atom. The largest absolute Gasteiger partial charge is 0.463 e. The fourth-order valence-corrected chi connectivity index (χ4v) is 1.96. The Hall–Kier alpha value is -2.49. The zero-order valence-electron chi connectivity index (χ0n) is 9.69. The fourth-order valence-electron chi connectivity index (χ4n) is 1.96. The van der Waals surface area contributed by atoms with Gasteiger partial charge in [0, 0.05) is 0 Å². The molecule has 2 aromatic carbocycles. The highest BCUT2D eigenvalue weighted by molar-refractivity contribution is 5.81. The Kier molecular flexibility index (Phi) is 2.63. The maximum atomic E-state index is 13.2. The second-order valence-electron chi connectivity index (χ2n) is 4.13. The van der Waals surface area contributed by atoms with Gasteiger partial charge in [-0.1, -0.05) is 12.1 Å². The second-order valence-corrected chi connectivity index (χ2v) is 4.13. The predicted octanol–water partition coefficient (Wildman–Crippen LogP) is 3.74. The first-order valence-electron chi connectivity index (χ1n) is 5.62. The zero-order valence-corrected chi connectivity index (χ0v) is 9.69. The van der Waals surface area contributed by atoms with Crippen molar-refractivity contribution in [1.29, 1.82) is 0 Å². The molecule has 4 heteroatoms. The average molecular weight is 258 g/mol. The first-order valence-corrected chi connectivity index (χ1v) is 5.62. The van der Waals surface area contributed by atoms with Crippen molar-refractivity contribution in [2.75, 3.05) is 0 Å². The Balaban J connectivity index is 2.31. The van der Waals surface area contributed by atoms with Crippen molar-refractivity contribution >= 4 is 11.0 Å². The highest BCUT2D eigenvalue weighted by Gasteiger charge is 2.10. The maximum absolute atomic E-state index is 13.2. The minimum Gasteiger partial charge on any atom is -0.463 e. The highest BCUT2D eigenvalue weighted by Crippen LogP contribution is 2.20. The van der Waals surface area contributed by atoms with Crippen LogP contribution >= 0.6 is 0 Å². The van der Waals surface area contributed by atoms with Crippen molar-refractivity contribution in [3.05, 3.63) is 70.6 Å². The molecule has 0 bridgehead atoms. The minimum atomic E-state index is -0.517. The summed E-state index contributed by atoms with van der Waals surface area (Å²) in [6, 6.07) is 9.34. The molecular formula is C15H8F2O2. The van der Waals surface area contributed by atoms with Crippen LogP contribution in [0.25, 0.3) is 22.1 Å². The van der Waals surface area contributed by atoms with Crippen LogP contribution in [0, 0.1) is 11.6 Å². The van der Waals surface area contributed by atoms with E-state index in [0.717, 1.165) is 6.07 Å². The molecule has 0 aliphatic carbocycles. The Bertz CT molecular complexity index is 822. The molecule has 94 valence electrons. The Morgan fingerprint density at radius 1 is 0.947 bits per heavy atom. The lowest BCUT2D eigenvalue weighted by atomic mass is 10.1. The molecule has 1 aromatic heterocycles. The van der Waals surface area contributed by atoms with Crippen LogP contribution in [-0.2, 0) is 0 Å². The summed E-state index contributed by atoms with van der Waals surface area (Å²) in [7, 11) is 0. The molecular weight excluding hydrogens is 250 g/mol. The van der Waals surface area contributed by atoms with Gasteiger partial charge in [-0.05, 0) is 35.9 Å². The van der Waals surface area contributed by atoms with Gasteiger partial charge in [-0.2, -0.15) is 0 Å². The summed E-state index contributed by atoms with van der Waals surface area (Å²) < 4.78 is 31.6. The van der Waals surface area contributed by atoms with Gasteiger partial charge in [0.25, 0.3) is 0 Å². The molecule has 0 fully saturated rings. The maximum Gasteiger partial charge on any atom is 0.200 e. The summed E-state index contributed by atoms with van der Waals surface area (Å²) >= 11 is 0. The van der Waals surface area contributed by atoms with Crippen molar-refractivity contribution in [2.45, 2.75) is 0 Å². The first kappa shape index (κ1) is 11.6. The van der Waals surface area contributed by atoms with Crippen LogP contribution in [0.15, 0.2) is 57.9 Å². The van der Waals surface area contributed by atoms with E-state index in [2.05, 4.69) is 0 Å². The molecule has 0 unspecified atom stereocenters. The predicted molar refractivity (Wildman–Crippen MR) is 67.8 cm³/mol. The van der Waals surface area contributed by atoms with Gasteiger partial charge in [0.05, 0.1) is 10.9 Å². The molecule has 0 aliphatic rings. The van der Waals surface area contributed by atoms with Crippen LogP contribution in [0.2, 0.25) is 0 Å². The number of rotatable bonds is 1. The van der Waals surface area contributed by atoms with Crippen LogP contribution in [0.4, 0.5) is 8.78 Å². The molecule has 2 nitrogen and oxygen atoms in total. The van der Waals surface area contributed by atoms with Gasteiger partial charge in [0.1, 0.15) is 23.5 Å². The molecule has 0 N–H and O–H groups in total. The first-order chi connectivity index (χ1) is 9.15. The molecule has 0 amide bonds. The van der Waals surface area contributed by atoms with Gasteiger partial charge < -0.3 is 4.42 Å². The summed E-state index contributed by atoms with van der Waals surface area (Å²) in [5.74, 6) is -0.965. The molecule has 0 saturated carbocycles. The van der Waals surface area contributed by atoms with Crippen molar-refractivity contribution in [1.82, 2.24) is 0 Å². The number of hydrogen-bond acceptors (Lipinski definition) is 2. The van der Waals surface area contributed by atoms with Crippen LogP contribution < -0.4 is 5.43 Å². The molecule has 0 radical (unpaired) electrons. The molecule has 1 heterocycles. The monoisotopic (exact) mass is 258 g/mol. The van der Waals surface area contributed by atoms with Crippen LogP contribution in [0.5, 0.6) is 0 Å². The fraction of sp³-hybridized carbons (Fsp3) is 0. The molecule has 0 saturated heterocycles. The van der Waals surface area contributed by atoms with E-state index in [-0.39, 0.29) is 16.4 Å². The van der Waals surface area contributed by atoms with Gasteiger partial charge >= 0.3 is 0 Å². The molecule has 19 heavy (non-hydrogen) atoms. The topological polar surface area (TPSA) is 30.2 Å². The minimum absolute atomic E-state index is 0.141. The van der Waals surface area contributed by atoms with Crippen molar-refractivity contribution < 1.29 is 13.2 Å². The van der Waals surface area contributed by atoms with Crippen LogP contribution in [0.3, 0.4) is 0 Å². The summed E-state index contributed by atoms with van der Waals surface area (Å²) in [5, 5.41) is 0.141. The molecule has 3 aromatic rings. The van der Waals surface area contributed by atoms with E-state index in [9.17, 15) is 13.6 Å². The Morgan fingerprint density at radius 2 is 1.74 bits per heavy atom. The second kappa shape index (κ2) is 4.31. The lowest BCUT2D eigenvalue weighted by Gasteiger charge is -2.02. The van der Waals surface area contributed by atoms with Gasteiger partial charge in [0.2, 0.25) is 5.43 Å². The van der Waals surface area contributed by atoms with Gasteiger partial charge in [-0.25, -0.2) is 8.78 Å². The lowest BCUT2D eigenvalue weighted by Crippen LogP contribution is -2.05.